The zero-order valence-electron chi connectivity index (χ0n) is 22.6. The van der Waals surface area contributed by atoms with Crippen LogP contribution >= 0.6 is 12.2 Å². The molecule has 5 rings (SSSR count). The molecular weight excluding hydrogens is 506 g/mol. The predicted molar refractivity (Wildman–Crippen MR) is 158 cm³/mol. The van der Waals surface area contributed by atoms with Crippen molar-refractivity contribution in [1.82, 2.24) is 19.8 Å². The van der Waals surface area contributed by atoms with E-state index in [0.717, 1.165) is 45.3 Å². The fraction of sp³-hybridized carbons (Fsp3) is 0.258. The summed E-state index contributed by atoms with van der Waals surface area (Å²) < 4.78 is 7.71. The van der Waals surface area contributed by atoms with Crippen molar-refractivity contribution in [3.8, 4) is 11.4 Å². The highest BCUT2D eigenvalue weighted by atomic mass is 32.1. The van der Waals surface area contributed by atoms with Crippen molar-refractivity contribution in [2.75, 3.05) is 19.0 Å². The second-order valence-electron chi connectivity index (χ2n) is 9.85. The number of carbonyl (C=O) groups is 1. The molecule has 0 radical (unpaired) electrons. The van der Waals surface area contributed by atoms with Gasteiger partial charge in [-0.3, -0.25) is 9.78 Å². The number of aryl methyl sites for hydroxylation is 2. The van der Waals surface area contributed by atoms with E-state index in [1.54, 1.807) is 13.3 Å². The lowest BCUT2D eigenvalue weighted by atomic mass is 9.96. The van der Waals surface area contributed by atoms with Gasteiger partial charge in [-0.15, -0.1) is 0 Å². The van der Waals surface area contributed by atoms with E-state index in [0.29, 0.717) is 18.1 Å². The Kier molecular flexibility index (Phi) is 7.65. The molecule has 0 spiro atoms. The van der Waals surface area contributed by atoms with Crippen LogP contribution in [0.4, 0.5) is 5.69 Å². The van der Waals surface area contributed by atoms with Gasteiger partial charge in [0.15, 0.2) is 5.11 Å². The van der Waals surface area contributed by atoms with Crippen LogP contribution in [0.2, 0.25) is 0 Å². The van der Waals surface area contributed by atoms with Crippen LogP contribution in [0.25, 0.3) is 5.69 Å². The van der Waals surface area contributed by atoms with Crippen molar-refractivity contribution >= 4 is 28.9 Å². The monoisotopic (exact) mass is 539 g/mol. The molecule has 39 heavy (non-hydrogen) atoms. The number of nitrogens with one attached hydrogen (secondary N) is 2. The van der Waals surface area contributed by atoms with Crippen LogP contribution in [-0.4, -0.2) is 39.1 Å². The van der Waals surface area contributed by atoms with E-state index in [-0.39, 0.29) is 18.0 Å². The number of hydrogen-bond donors (Lipinski definition) is 2. The third-order valence-corrected chi connectivity index (χ3v) is 7.53. The largest absolute Gasteiger partial charge is 0.497 e. The molecule has 3 heterocycles. The summed E-state index contributed by atoms with van der Waals surface area (Å²) in [5, 5.41) is 7.13. The molecule has 200 valence electrons. The van der Waals surface area contributed by atoms with Gasteiger partial charge in [-0.25, -0.2) is 0 Å². The summed E-state index contributed by atoms with van der Waals surface area (Å²) in [4.78, 5) is 19.7. The van der Waals surface area contributed by atoms with E-state index in [1.165, 1.54) is 0 Å². The van der Waals surface area contributed by atoms with Crippen molar-refractivity contribution in [2.45, 2.75) is 39.3 Å². The molecule has 2 aromatic heterocycles. The van der Waals surface area contributed by atoms with Crippen LogP contribution < -0.4 is 15.4 Å². The molecule has 1 amide bonds. The Hall–Kier alpha value is -4.17. The number of anilines is 1. The van der Waals surface area contributed by atoms with Gasteiger partial charge < -0.3 is 24.8 Å². The first-order valence-corrected chi connectivity index (χ1v) is 13.4. The van der Waals surface area contributed by atoms with Gasteiger partial charge in [-0.05, 0) is 86.6 Å². The zero-order chi connectivity index (χ0) is 27.5. The molecule has 0 aliphatic carbocycles. The van der Waals surface area contributed by atoms with Crippen LogP contribution in [0.3, 0.4) is 0 Å². The van der Waals surface area contributed by atoms with Crippen LogP contribution in [0.15, 0.2) is 79.0 Å². The molecule has 0 saturated carbocycles. The predicted octanol–water partition coefficient (Wildman–Crippen LogP) is 5.81. The minimum absolute atomic E-state index is 0.0507. The van der Waals surface area contributed by atoms with E-state index in [9.17, 15) is 4.79 Å². The van der Waals surface area contributed by atoms with Crippen LogP contribution in [-0.2, 0) is 4.79 Å². The second-order valence-corrected chi connectivity index (χ2v) is 10.2. The fourth-order valence-electron chi connectivity index (χ4n) is 5.39. The van der Waals surface area contributed by atoms with E-state index in [2.05, 4.69) is 51.1 Å². The number of benzene rings is 2. The highest BCUT2D eigenvalue weighted by Gasteiger charge is 2.41. The lowest BCUT2D eigenvalue weighted by Gasteiger charge is -2.28. The first-order valence-electron chi connectivity index (χ1n) is 13.0. The number of aromatic nitrogens is 2. The van der Waals surface area contributed by atoms with Gasteiger partial charge in [0.2, 0.25) is 5.91 Å². The Labute approximate surface area is 234 Å². The SMILES string of the molecule is COc1cccc(-n2c(C)cc([C@@H]3[C@@H](c4ccccn4)NC(=S)N3CCC(=O)Nc3cccc(C)c3)c2C)c1. The highest BCUT2D eigenvalue weighted by Crippen LogP contribution is 2.41. The molecule has 2 atom stereocenters. The zero-order valence-corrected chi connectivity index (χ0v) is 23.5. The number of thiocarbonyl (C=S) groups is 1. The molecule has 2 N–H and O–H groups in total. The van der Waals surface area contributed by atoms with Crippen molar-refractivity contribution < 1.29 is 9.53 Å². The first-order chi connectivity index (χ1) is 18.9. The number of ether oxygens (including phenoxy) is 1. The quantitative estimate of drug-likeness (QED) is 0.276. The van der Waals surface area contributed by atoms with Crippen molar-refractivity contribution in [2.24, 2.45) is 0 Å². The Balaban J connectivity index is 1.47. The number of carbonyl (C=O) groups excluding carboxylic acids is 1. The third-order valence-electron chi connectivity index (χ3n) is 7.18. The Bertz CT molecular complexity index is 1500. The fourth-order valence-corrected chi connectivity index (χ4v) is 5.72. The average molecular weight is 540 g/mol. The van der Waals surface area contributed by atoms with Gasteiger partial charge >= 0.3 is 0 Å². The summed E-state index contributed by atoms with van der Waals surface area (Å²) in [7, 11) is 1.68. The minimum atomic E-state index is -0.155. The van der Waals surface area contributed by atoms with Gasteiger partial charge in [0.25, 0.3) is 0 Å². The van der Waals surface area contributed by atoms with Crippen molar-refractivity contribution in [1.29, 1.82) is 0 Å². The van der Waals surface area contributed by atoms with E-state index in [1.807, 2.05) is 67.6 Å². The minimum Gasteiger partial charge on any atom is -0.497 e. The van der Waals surface area contributed by atoms with Crippen LogP contribution in [0.5, 0.6) is 5.75 Å². The number of hydrogen-bond acceptors (Lipinski definition) is 4. The summed E-state index contributed by atoms with van der Waals surface area (Å²) in [5.74, 6) is 0.753. The topological polar surface area (TPSA) is 71.4 Å². The number of pyridine rings is 1. The third kappa shape index (κ3) is 5.52. The van der Waals surface area contributed by atoms with E-state index >= 15 is 0 Å². The highest BCUT2D eigenvalue weighted by molar-refractivity contribution is 7.80. The molecule has 1 aliphatic heterocycles. The van der Waals surface area contributed by atoms with Crippen LogP contribution in [0.1, 0.15) is 46.7 Å². The van der Waals surface area contributed by atoms with Gasteiger partial charge in [-0.2, -0.15) is 0 Å². The number of rotatable bonds is 8. The Morgan fingerprint density at radius 3 is 2.62 bits per heavy atom. The smallest absolute Gasteiger partial charge is 0.226 e. The normalized spacial score (nSPS) is 16.7. The first kappa shape index (κ1) is 26.4. The van der Waals surface area contributed by atoms with Gasteiger partial charge in [0.05, 0.1) is 24.9 Å². The molecule has 0 bridgehead atoms. The Morgan fingerprint density at radius 1 is 1.05 bits per heavy atom. The van der Waals surface area contributed by atoms with Gasteiger partial charge in [-0.1, -0.05) is 24.3 Å². The number of nitrogens with zero attached hydrogens (tertiary/aromatic N) is 3. The summed E-state index contributed by atoms with van der Waals surface area (Å²) in [6, 6.07) is 23.7. The lowest BCUT2D eigenvalue weighted by Crippen LogP contribution is -2.32. The molecule has 1 saturated heterocycles. The molecule has 8 heteroatoms. The molecular formula is C31H33N5O2S. The number of amides is 1. The maximum Gasteiger partial charge on any atom is 0.226 e. The van der Waals surface area contributed by atoms with Crippen molar-refractivity contribution in [3.05, 3.63) is 107 Å². The molecule has 0 unspecified atom stereocenters. The summed E-state index contributed by atoms with van der Waals surface area (Å²) in [6.45, 7) is 6.71. The number of methoxy groups -OCH3 is 1. The van der Waals surface area contributed by atoms with E-state index < -0.39 is 0 Å². The molecule has 1 fully saturated rings. The Morgan fingerprint density at radius 2 is 1.87 bits per heavy atom. The summed E-state index contributed by atoms with van der Waals surface area (Å²) >= 11 is 5.83. The molecule has 4 aromatic rings. The maximum atomic E-state index is 12.9. The van der Waals surface area contributed by atoms with Gasteiger partial charge in [0, 0.05) is 48.0 Å². The van der Waals surface area contributed by atoms with Crippen LogP contribution in [0, 0.1) is 20.8 Å². The standard InChI is InChI=1S/C31H33N5O2S/c1-20-9-7-10-23(17-20)33-28(37)14-16-35-30(29(34-31(35)39)27-13-5-6-15-32-27)26-18-21(2)36(22(26)3)24-11-8-12-25(19-24)38-4/h5-13,15,17-19,29-30H,14,16H2,1-4H3,(H,33,37)(H,34,39)/t29-,30-/m1/s1. The van der Waals surface area contributed by atoms with E-state index in [4.69, 9.17) is 17.0 Å². The maximum absolute atomic E-state index is 12.9. The summed E-state index contributed by atoms with van der Waals surface area (Å²) in [6.07, 6.45) is 2.10. The lowest BCUT2D eigenvalue weighted by molar-refractivity contribution is -0.116. The van der Waals surface area contributed by atoms with Crippen molar-refractivity contribution in [3.63, 3.8) is 0 Å². The second kappa shape index (κ2) is 11.3. The molecule has 7 nitrogen and oxygen atoms in total. The summed E-state index contributed by atoms with van der Waals surface area (Å²) in [5.41, 5.74) is 7.18. The van der Waals surface area contributed by atoms with Gasteiger partial charge in [0.1, 0.15) is 5.75 Å². The molecule has 2 aromatic carbocycles. The molecule has 1 aliphatic rings. The average Bonchev–Trinajstić information content (AvgIpc) is 3.42.